The third-order valence-corrected chi connectivity index (χ3v) is 5.59. The molecular weight excluding hydrogens is 572 g/mol. The van der Waals surface area contributed by atoms with E-state index in [-0.39, 0.29) is 22.7 Å². The van der Waals surface area contributed by atoms with E-state index in [2.05, 4.69) is 36.5 Å². The fourth-order valence-corrected chi connectivity index (χ4v) is 3.62. The van der Waals surface area contributed by atoms with Crippen LogP contribution in [0.15, 0.2) is 53.0 Å². The average Bonchev–Trinajstić information content (AvgIpc) is 3.13. The first-order chi connectivity index (χ1) is 17.4. The molecule has 2 heterocycles. The van der Waals surface area contributed by atoms with Crippen LogP contribution >= 0.6 is 15.9 Å². The molecule has 2 N–H and O–H groups in total. The molecule has 7 nitrogen and oxygen atoms in total. The molecule has 0 spiro atoms. The third-order valence-electron chi connectivity index (χ3n) is 5.06. The number of aromatic nitrogens is 3. The minimum atomic E-state index is -4.86. The molecule has 194 valence electrons. The summed E-state index contributed by atoms with van der Waals surface area (Å²) in [5, 5.41) is 4.90. The average molecular weight is 588 g/mol. The molecule has 2 aromatic carbocycles. The molecule has 0 aliphatic heterocycles. The second kappa shape index (κ2) is 10.3. The molecule has 14 heteroatoms. The van der Waals surface area contributed by atoms with Crippen molar-refractivity contribution in [2.75, 3.05) is 17.2 Å². The van der Waals surface area contributed by atoms with Crippen molar-refractivity contribution in [3.63, 3.8) is 0 Å². The molecule has 2 aromatic heterocycles. The van der Waals surface area contributed by atoms with Gasteiger partial charge in [-0.15, -0.1) is 0 Å². The van der Waals surface area contributed by atoms with Crippen LogP contribution in [0.2, 0.25) is 0 Å². The Balaban J connectivity index is 1.76. The number of amides is 1. The van der Waals surface area contributed by atoms with Crippen LogP contribution in [-0.2, 0) is 13.2 Å². The predicted octanol–water partition coefficient (Wildman–Crippen LogP) is 6.53. The second-order valence-electron chi connectivity index (χ2n) is 7.63. The molecule has 0 aliphatic carbocycles. The maximum atomic E-state index is 14.3. The van der Waals surface area contributed by atoms with Gasteiger partial charge in [-0.05, 0) is 42.5 Å². The molecule has 0 saturated heterocycles. The maximum Gasteiger partial charge on any atom is 0.418 e. The molecule has 0 bridgehead atoms. The van der Waals surface area contributed by atoms with Crippen molar-refractivity contribution in [1.82, 2.24) is 14.5 Å². The van der Waals surface area contributed by atoms with Crippen molar-refractivity contribution >= 4 is 50.3 Å². The number of para-hydroxylation sites is 1. The van der Waals surface area contributed by atoms with Crippen LogP contribution in [0.4, 0.5) is 43.7 Å². The van der Waals surface area contributed by atoms with Crippen LogP contribution < -0.4 is 15.4 Å². The summed E-state index contributed by atoms with van der Waals surface area (Å²) in [5.74, 6) is -2.62. The van der Waals surface area contributed by atoms with Gasteiger partial charge in [0.2, 0.25) is 11.8 Å². The van der Waals surface area contributed by atoms with Gasteiger partial charge in [-0.25, -0.2) is 18.2 Å². The number of fused-ring (bicyclic) bond motifs is 1. The Kier molecular flexibility index (Phi) is 7.30. The maximum absolute atomic E-state index is 14.3. The largest absolute Gasteiger partial charge is 0.471 e. The first-order valence-corrected chi connectivity index (χ1v) is 11.2. The van der Waals surface area contributed by atoms with Gasteiger partial charge in [0, 0.05) is 17.2 Å². The monoisotopic (exact) mass is 587 g/mol. The van der Waals surface area contributed by atoms with Crippen LogP contribution in [0.1, 0.15) is 15.9 Å². The number of ether oxygens (including phenoxy) is 1. The van der Waals surface area contributed by atoms with Crippen molar-refractivity contribution in [3.05, 3.63) is 69.9 Å². The van der Waals surface area contributed by atoms with Gasteiger partial charge in [0.1, 0.15) is 16.9 Å². The van der Waals surface area contributed by atoms with E-state index in [4.69, 9.17) is 4.74 Å². The van der Waals surface area contributed by atoms with Gasteiger partial charge in [-0.3, -0.25) is 9.36 Å². The highest BCUT2D eigenvalue weighted by molar-refractivity contribution is 9.10. The van der Waals surface area contributed by atoms with Crippen LogP contribution in [0.25, 0.3) is 11.2 Å². The number of hydrogen-bond donors (Lipinski definition) is 2. The molecule has 0 unspecified atom stereocenters. The molecule has 0 fully saturated rings. The number of halogens is 7. The van der Waals surface area contributed by atoms with Gasteiger partial charge in [-0.1, -0.05) is 22.0 Å². The van der Waals surface area contributed by atoms with Gasteiger partial charge in [0.15, 0.2) is 12.3 Å². The highest BCUT2D eigenvalue weighted by Crippen LogP contribution is 2.38. The Labute approximate surface area is 213 Å². The number of nitrogens with one attached hydrogen (secondary N) is 2. The standard InChI is InChI=1S/C23H16BrF6N5O2/c1-35-19-16(32-22(35)33-18-14(23(28,29)30)3-2-4-15(18)25)9-13(21(34-19)37-10-17(26)27)20(36)31-12-7-5-11(24)6-8-12/h2-9,17H,10H2,1H3,(H,31,36)(H,32,33). The van der Waals surface area contributed by atoms with E-state index >= 15 is 0 Å². The molecule has 0 saturated carbocycles. The van der Waals surface area contributed by atoms with Crippen LogP contribution in [0.5, 0.6) is 5.88 Å². The summed E-state index contributed by atoms with van der Waals surface area (Å²) in [6, 6.07) is 10.2. The first-order valence-electron chi connectivity index (χ1n) is 10.4. The Morgan fingerprint density at radius 1 is 1.14 bits per heavy atom. The van der Waals surface area contributed by atoms with E-state index in [1.807, 2.05) is 0 Å². The van der Waals surface area contributed by atoms with Crippen molar-refractivity contribution < 1.29 is 35.9 Å². The zero-order valence-electron chi connectivity index (χ0n) is 18.7. The molecule has 0 atom stereocenters. The summed E-state index contributed by atoms with van der Waals surface area (Å²) in [6.45, 7) is -1.07. The molecule has 0 aliphatic rings. The Morgan fingerprint density at radius 3 is 2.49 bits per heavy atom. The highest BCUT2D eigenvalue weighted by Gasteiger charge is 2.35. The van der Waals surface area contributed by atoms with E-state index < -0.39 is 48.1 Å². The number of anilines is 3. The van der Waals surface area contributed by atoms with Gasteiger partial charge < -0.3 is 15.4 Å². The Hall–Kier alpha value is -3.81. The van der Waals surface area contributed by atoms with Crippen molar-refractivity contribution in [2.24, 2.45) is 7.05 Å². The lowest BCUT2D eigenvalue weighted by molar-refractivity contribution is -0.137. The Bertz CT molecular complexity index is 1460. The molecule has 37 heavy (non-hydrogen) atoms. The van der Waals surface area contributed by atoms with Crippen LogP contribution in [0.3, 0.4) is 0 Å². The molecule has 0 radical (unpaired) electrons. The molecule has 4 rings (SSSR count). The second-order valence-corrected chi connectivity index (χ2v) is 8.54. The third kappa shape index (κ3) is 5.79. The number of alkyl halides is 5. The van der Waals surface area contributed by atoms with Crippen LogP contribution in [0, 0.1) is 5.82 Å². The van der Waals surface area contributed by atoms with Crippen molar-refractivity contribution in [3.8, 4) is 5.88 Å². The topological polar surface area (TPSA) is 81.1 Å². The summed E-state index contributed by atoms with van der Waals surface area (Å²) in [6.07, 6.45) is -7.73. The Morgan fingerprint density at radius 2 is 1.84 bits per heavy atom. The molecular formula is C23H16BrF6N5O2. The number of imidazole rings is 1. The summed E-state index contributed by atoms with van der Waals surface area (Å²) in [7, 11) is 1.36. The quantitative estimate of drug-likeness (QED) is 0.240. The summed E-state index contributed by atoms with van der Waals surface area (Å²) in [4.78, 5) is 21.2. The normalized spacial score (nSPS) is 11.7. The fourth-order valence-electron chi connectivity index (χ4n) is 3.35. The number of pyridine rings is 1. The lowest BCUT2D eigenvalue weighted by Gasteiger charge is -2.14. The molecule has 4 aromatic rings. The zero-order valence-corrected chi connectivity index (χ0v) is 20.3. The number of aryl methyl sites for hydroxylation is 1. The minimum absolute atomic E-state index is 0.0141. The highest BCUT2D eigenvalue weighted by atomic mass is 79.9. The van der Waals surface area contributed by atoms with Gasteiger partial charge >= 0.3 is 6.18 Å². The number of nitrogens with zero attached hydrogens (tertiary/aromatic N) is 3. The SMILES string of the molecule is Cn1c(Nc2c(F)cccc2C(F)(F)F)nc2cc(C(=O)Nc3ccc(Br)cc3)c(OCC(F)F)nc21. The first kappa shape index (κ1) is 26.3. The molecule has 1 amide bonds. The smallest absolute Gasteiger partial charge is 0.418 e. The lowest BCUT2D eigenvalue weighted by atomic mass is 10.1. The number of carbonyl (C=O) groups is 1. The van der Waals surface area contributed by atoms with Gasteiger partial charge in [0.25, 0.3) is 12.3 Å². The van der Waals surface area contributed by atoms with Gasteiger partial charge in [-0.2, -0.15) is 18.2 Å². The zero-order chi connectivity index (χ0) is 26.9. The van der Waals surface area contributed by atoms with E-state index in [9.17, 15) is 31.1 Å². The summed E-state index contributed by atoms with van der Waals surface area (Å²) < 4.78 is 87.2. The van der Waals surface area contributed by atoms with Gasteiger partial charge in [0.05, 0.1) is 11.3 Å². The fraction of sp³-hybridized carbons (Fsp3) is 0.174. The predicted molar refractivity (Wildman–Crippen MR) is 127 cm³/mol. The van der Waals surface area contributed by atoms with E-state index in [0.717, 1.165) is 16.6 Å². The number of carbonyl (C=O) groups excluding carboxylic acids is 1. The summed E-state index contributed by atoms with van der Waals surface area (Å²) in [5.41, 5.74) is -1.99. The van der Waals surface area contributed by atoms with Crippen LogP contribution in [-0.4, -0.2) is 33.5 Å². The number of rotatable bonds is 7. The van der Waals surface area contributed by atoms with E-state index in [1.54, 1.807) is 24.3 Å². The lowest BCUT2D eigenvalue weighted by Crippen LogP contribution is -2.17. The van der Waals surface area contributed by atoms with Crippen molar-refractivity contribution in [1.29, 1.82) is 0 Å². The van der Waals surface area contributed by atoms with E-state index in [0.29, 0.717) is 11.8 Å². The van der Waals surface area contributed by atoms with E-state index in [1.165, 1.54) is 17.7 Å². The number of hydrogen-bond acceptors (Lipinski definition) is 5. The summed E-state index contributed by atoms with van der Waals surface area (Å²) >= 11 is 3.27. The van der Waals surface area contributed by atoms with Crippen molar-refractivity contribution in [2.45, 2.75) is 12.6 Å². The minimum Gasteiger partial charge on any atom is -0.471 e. The number of benzene rings is 2.